The van der Waals surface area contributed by atoms with E-state index in [4.69, 9.17) is 0 Å². The molecule has 1 aliphatic heterocycles. The predicted octanol–water partition coefficient (Wildman–Crippen LogP) is 5.87. The first kappa shape index (κ1) is 19.2. The van der Waals surface area contributed by atoms with Crippen molar-refractivity contribution < 1.29 is 0 Å². The molecule has 1 N–H and O–H groups in total. The molecule has 140 valence electrons. The van der Waals surface area contributed by atoms with Crippen molar-refractivity contribution in [2.75, 3.05) is 0 Å². The molecule has 0 aliphatic carbocycles. The molecule has 1 atom stereocenters. The second kappa shape index (κ2) is 8.39. The van der Waals surface area contributed by atoms with Gasteiger partial charge >= 0.3 is 0 Å². The standard InChI is InChI=1S/C25H30N2/c1-6-20-16-23(24-15-18(3)27-19(4)25(24)26-5)14-13-22(20)12-11-21-10-8-7-9-17(21)2/h7-10,13-14,16,24,27H,3,5-6,11-12,15H2,1-2,4H3. The third-order valence-corrected chi connectivity index (χ3v) is 5.64. The second-order valence-electron chi connectivity index (χ2n) is 7.46. The maximum atomic E-state index is 4.31. The van der Waals surface area contributed by atoms with Crippen molar-refractivity contribution >= 4 is 6.72 Å². The molecule has 0 saturated carbocycles. The van der Waals surface area contributed by atoms with Gasteiger partial charge in [0.2, 0.25) is 0 Å². The SMILES string of the molecule is C=NC1=C(C)NC(=C)CC1c1ccc(CCc2ccccc2C)c(CC)c1. The van der Waals surface area contributed by atoms with Crippen molar-refractivity contribution in [3.63, 3.8) is 0 Å². The van der Waals surface area contributed by atoms with E-state index in [1.54, 1.807) is 0 Å². The molecule has 0 fully saturated rings. The molecular formula is C25H30N2. The predicted molar refractivity (Wildman–Crippen MR) is 116 cm³/mol. The van der Waals surface area contributed by atoms with Crippen molar-refractivity contribution in [1.29, 1.82) is 0 Å². The summed E-state index contributed by atoms with van der Waals surface area (Å²) < 4.78 is 0. The van der Waals surface area contributed by atoms with Crippen LogP contribution < -0.4 is 5.32 Å². The summed E-state index contributed by atoms with van der Waals surface area (Å²) in [6, 6.07) is 15.6. The molecule has 27 heavy (non-hydrogen) atoms. The van der Waals surface area contributed by atoms with E-state index < -0.39 is 0 Å². The fraction of sp³-hybridized carbons (Fsp3) is 0.320. The lowest BCUT2D eigenvalue weighted by atomic mass is 9.85. The van der Waals surface area contributed by atoms with E-state index in [0.29, 0.717) is 0 Å². The lowest BCUT2D eigenvalue weighted by molar-refractivity contribution is 0.666. The van der Waals surface area contributed by atoms with Crippen LogP contribution in [0.3, 0.4) is 0 Å². The summed E-state index contributed by atoms with van der Waals surface area (Å²) in [7, 11) is 0. The second-order valence-corrected chi connectivity index (χ2v) is 7.46. The highest BCUT2D eigenvalue weighted by Crippen LogP contribution is 2.36. The van der Waals surface area contributed by atoms with E-state index in [1.807, 2.05) is 0 Å². The first-order chi connectivity index (χ1) is 13.0. The fourth-order valence-corrected chi connectivity index (χ4v) is 4.08. The average molecular weight is 359 g/mol. The zero-order valence-corrected chi connectivity index (χ0v) is 16.8. The molecule has 0 saturated heterocycles. The molecule has 0 amide bonds. The third kappa shape index (κ3) is 4.21. The number of rotatable bonds is 6. The van der Waals surface area contributed by atoms with Gasteiger partial charge < -0.3 is 5.32 Å². The molecule has 2 aromatic rings. The van der Waals surface area contributed by atoms with Gasteiger partial charge in [-0.25, -0.2) is 0 Å². The normalized spacial score (nSPS) is 17.0. The van der Waals surface area contributed by atoms with Crippen molar-refractivity contribution in [1.82, 2.24) is 5.32 Å². The summed E-state index contributed by atoms with van der Waals surface area (Å²) in [6.45, 7) is 14.4. The van der Waals surface area contributed by atoms with E-state index in [1.165, 1.54) is 27.8 Å². The van der Waals surface area contributed by atoms with Crippen LogP contribution in [-0.4, -0.2) is 6.72 Å². The van der Waals surface area contributed by atoms with Crippen LogP contribution in [0.5, 0.6) is 0 Å². The number of aliphatic imine (C=N–C) groups is 1. The van der Waals surface area contributed by atoms with Gasteiger partial charge in [-0.15, -0.1) is 0 Å². The molecule has 0 spiro atoms. The lowest BCUT2D eigenvalue weighted by Gasteiger charge is -2.28. The number of hydrogen-bond donors (Lipinski definition) is 1. The van der Waals surface area contributed by atoms with Gasteiger partial charge in [0, 0.05) is 17.3 Å². The van der Waals surface area contributed by atoms with Crippen LogP contribution in [0.1, 0.15) is 54.0 Å². The average Bonchev–Trinajstić information content (AvgIpc) is 2.66. The summed E-state index contributed by atoms with van der Waals surface area (Å²) in [4.78, 5) is 4.31. The Bertz CT molecular complexity index is 889. The number of allylic oxidation sites excluding steroid dienone is 3. The molecule has 1 aliphatic rings. The van der Waals surface area contributed by atoms with Gasteiger partial charge in [0.1, 0.15) is 0 Å². The Kier molecular flexibility index (Phi) is 5.95. The Morgan fingerprint density at radius 3 is 2.48 bits per heavy atom. The van der Waals surface area contributed by atoms with Crippen LogP contribution >= 0.6 is 0 Å². The summed E-state index contributed by atoms with van der Waals surface area (Å²) in [5, 5.41) is 3.32. The molecule has 3 rings (SSSR count). The van der Waals surface area contributed by atoms with Crippen molar-refractivity contribution in [3.05, 3.63) is 94.0 Å². The summed E-state index contributed by atoms with van der Waals surface area (Å²) >= 11 is 0. The zero-order valence-electron chi connectivity index (χ0n) is 16.8. The van der Waals surface area contributed by atoms with Crippen LogP contribution in [0.25, 0.3) is 0 Å². The Morgan fingerprint density at radius 1 is 1.04 bits per heavy atom. The summed E-state index contributed by atoms with van der Waals surface area (Å²) in [5.41, 5.74) is 10.2. The molecule has 2 aromatic carbocycles. The van der Waals surface area contributed by atoms with Crippen LogP contribution in [0, 0.1) is 6.92 Å². The van der Waals surface area contributed by atoms with Crippen molar-refractivity contribution in [3.8, 4) is 0 Å². The largest absolute Gasteiger partial charge is 0.361 e. The summed E-state index contributed by atoms with van der Waals surface area (Å²) in [5.74, 6) is 0.243. The Morgan fingerprint density at radius 2 is 1.78 bits per heavy atom. The zero-order chi connectivity index (χ0) is 19.4. The molecule has 1 heterocycles. The minimum Gasteiger partial charge on any atom is -0.361 e. The van der Waals surface area contributed by atoms with E-state index in [2.05, 4.69) is 86.8 Å². The third-order valence-electron chi connectivity index (χ3n) is 5.64. The smallest absolute Gasteiger partial charge is 0.0664 e. The number of benzene rings is 2. The minimum atomic E-state index is 0.243. The number of hydrogen-bond acceptors (Lipinski definition) is 2. The number of nitrogens with one attached hydrogen (secondary N) is 1. The Balaban J connectivity index is 1.86. The van der Waals surface area contributed by atoms with E-state index in [-0.39, 0.29) is 5.92 Å². The van der Waals surface area contributed by atoms with Crippen LogP contribution in [0.2, 0.25) is 0 Å². The van der Waals surface area contributed by atoms with Gasteiger partial charge in [0.25, 0.3) is 0 Å². The van der Waals surface area contributed by atoms with E-state index >= 15 is 0 Å². The van der Waals surface area contributed by atoms with Gasteiger partial charge in [0.05, 0.1) is 5.70 Å². The van der Waals surface area contributed by atoms with Crippen LogP contribution in [0.4, 0.5) is 0 Å². The monoisotopic (exact) mass is 358 g/mol. The van der Waals surface area contributed by atoms with Gasteiger partial charge in [-0.05, 0) is 74.1 Å². The van der Waals surface area contributed by atoms with E-state index in [9.17, 15) is 0 Å². The van der Waals surface area contributed by atoms with Crippen molar-refractivity contribution in [2.24, 2.45) is 4.99 Å². The molecular weight excluding hydrogens is 328 g/mol. The van der Waals surface area contributed by atoms with Crippen molar-refractivity contribution in [2.45, 2.75) is 52.4 Å². The van der Waals surface area contributed by atoms with E-state index in [0.717, 1.165) is 42.8 Å². The first-order valence-electron chi connectivity index (χ1n) is 9.82. The van der Waals surface area contributed by atoms with Gasteiger partial charge in [0.15, 0.2) is 0 Å². The van der Waals surface area contributed by atoms with Crippen LogP contribution in [-0.2, 0) is 19.3 Å². The Hall–Kier alpha value is -2.61. The van der Waals surface area contributed by atoms with Gasteiger partial charge in [-0.2, -0.15) is 0 Å². The Labute approximate surface area is 163 Å². The maximum absolute atomic E-state index is 4.31. The minimum absolute atomic E-state index is 0.243. The lowest BCUT2D eigenvalue weighted by Crippen LogP contribution is -2.22. The quantitative estimate of drug-likeness (QED) is 0.642. The number of nitrogens with zero attached hydrogens (tertiary/aromatic N) is 1. The molecule has 0 bridgehead atoms. The molecule has 1 unspecified atom stereocenters. The first-order valence-corrected chi connectivity index (χ1v) is 9.82. The fourth-order valence-electron chi connectivity index (χ4n) is 4.08. The van der Waals surface area contributed by atoms with Gasteiger partial charge in [-0.1, -0.05) is 56.0 Å². The molecule has 2 nitrogen and oxygen atoms in total. The highest BCUT2D eigenvalue weighted by atomic mass is 14.9. The highest BCUT2D eigenvalue weighted by molar-refractivity contribution is 5.44. The maximum Gasteiger partial charge on any atom is 0.0664 e. The topological polar surface area (TPSA) is 24.4 Å². The van der Waals surface area contributed by atoms with Gasteiger partial charge in [-0.3, -0.25) is 4.99 Å². The molecule has 0 radical (unpaired) electrons. The number of aryl methyl sites for hydroxylation is 4. The highest BCUT2D eigenvalue weighted by Gasteiger charge is 2.24. The van der Waals surface area contributed by atoms with Crippen LogP contribution in [0.15, 0.2) is 71.1 Å². The summed E-state index contributed by atoms with van der Waals surface area (Å²) in [6.07, 6.45) is 4.08. The molecule has 0 aromatic heterocycles. The molecule has 2 heteroatoms.